The molecule has 11 heteroatoms. The van der Waals surface area contributed by atoms with Crippen LogP contribution in [0, 0.1) is 5.92 Å². The fourth-order valence-electron chi connectivity index (χ4n) is 5.26. The normalized spacial score (nSPS) is 18.2. The monoisotopic (exact) mass is 680 g/mol. The van der Waals surface area contributed by atoms with E-state index >= 15 is 0 Å². The molecule has 4 heterocycles. The Morgan fingerprint density at radius 1 is 0.652 bits per heavy atom. The van der Waals surface area contributed by atoms with Crippen LogP contribution >= 0.6 is 34.4 Å². The molecule has 232 valence electrons. The maximum absolute atomic E-state index is 13.1. The Bertz CT molecular complexity index is 2230. The molecule has 7 rings (SSSR count). The molecule has 2 unspecified atom stereocenters. The molecule has 0 fully saturated rings. The molecule has 0 spiro atoms. The Morgan fingerprint density at radius 2 is 1.22 bits per heavy atom. The first-order valence-electron chi connectivity index (χ1n) is 14.1. The zero-order valence-corrected chi connectivity index (χ0v) is 26.3. The van der Waals surface area contributed by atoms with Crippen molar-refractivity contribution in [2.45, 2.75) is 24.5 Å². The van der Waals surface area contributed by atoms with Crippen LogP contribution in [0.2, 0.25) is 0 Å². The van der Waals surface area contributed by atoms with E-state index in [1.54, 1.807) is 23.1 Å². The maximum atomic E-state index is 13.1. The van der Waals surface area contributed by atoms with Gasteiger partial charge in [0.25, 0.3) is 0 Å². The highest BCUT2D eigenvalue weighted by atomic mass is 32.2. The summed E-state index contributed by atoms with van der Waals surface area (Å²) < 4.78 is 80.2. The van der Waals surface area contributed by atoms with Gasteiger partial charge < -0.3 is 0 Å². The van der Waals surface area contributed by atoms with E-state index in [2.05, 4.69) is 19.1 Å². The Balaban J connectivity index is 1.25. The van der Waals surface area contributed by atoms with Gasteiger partial charge in [0, 0.05) is 19.9 Å². The van der Waals surface area contributed by atoms with Crippen LogP contribution < -0.4 is 9.06 Å². The van der Waals surface area contributed by atoms with Crippen molar-refractivity contribution in [3.63, 3.8) is 0 Å². The molecule has 2 atom stereocenters. The summed E-state index contributed by atoms with van der Waals surface area (Å²) in [5, 5.41) is 0.0354. The van der Waals surface area contributed by atoms with E-state index in [0.717, 1.165) is 75.6 Å². The number of halogens is 6. The van der Waals surface area contributed by atoms with Crippen LogP contribution in [-0.4, -0.2) is 15.2 Å². The summed E-state index contributed by atoms with van der Waals surface area (Å²) >= 11 is 4.65. The third-order valence-electron chi connectivity index (χ3n) is 7.66. The van der Waals surface area contributed by atoms with Crippen molar-refractivity contribution in [3.8, 4) is 10.4 Å². The molecule has 0 saturated carbocycles. The second-order valence-electron chi connectivity index (χ2n) is 10.9. The SMILES string of the molecule is CC1C=C(c2ccc(C(F)(F)F)cc2)SC1/C=c1\s/c(=C\c2ccc(-c3ccc(C(F)(F)F)cc3)s2)c2nc3ccccc3nc12. The van der Waals surface area contributed by atoms with Gasteiger partial charge in [0.2, 0.25) is 0 Å². The second-order valence-corrected chi connectivity index (χ2v) is 14.3. The third-order valence-corrected chi connectivity index (χ3v) is 11.3. The number of rotatable bonds is 4. The van der Waals surface area contributed by atoms with Crippen LogP contribution in [0.1, 0.15) is 28.5 Å². The summed E-state index contributed by atoms with van der Waals surface area (Å²) in [5.41, 5.74) is 3.15. The van der Waals surface area contributed by atoms with E-state index in [1.165, 1.54) is 35.6 Å². The molecule has 0 saturated heterocycles. The van der Waals surface area contributed by atoms with Crippen LogP contribution in [-0.2, 0) is 12.4 Å². The van der Waals surface area contributed by atoms with E-state index < -0.39 is 23.5 Å². The van der Waals surface area contributed by atoms with Gasteiger partial charge in [0.15, 0.2) is 0 Å². The van der Waals surface area contributed by atoms with Gasteiger partial charge in [0.1, 0.15) is 11.0 Å². The number of fused-ring (bicyclic) bond motifs is 2. The van der Waals surface area contributed by atoms with Gasteiger partial charge in [0.05, 0.1) is 31.2 Å². The Hall–Kier alpha value is -3.93. The molecule has 1 aliphatic rings. The molecule has 0 radical (unpaired) electrons. The van der Waals surface area contributed by atoms with Crippen molar-refractivity contribution in [1.29, 1.82) is 0 Å². The molecule has 0 N–H and O–H groups in total. The summed E-state index contributed by atoms with van der Waals surface area (Å²) in [7, 11) is 0. The molecule has 0 aliphatic carbocycles. The number of nitrogens with zero attached hydrogens (tertiary/aromatic N) is 2. The fourth-order valence-corrected chi connectivity index (χ4v) is 8.85. The number of alkyl halides is 6. The fraction of sp³-hybridized carbons (Fsp3) is 0.143. The van der Waals surface area contributed by atoms with Crippen LogP contribution in [0.4, 0.5) is 26.3 Å². The predicted octanol–water partition coefficient (Wildman–Crippen LogP) is 10.0. The quantitative estimate of drug-likeness (QED) is 0.173. The summed E-state index contributed by atoms with van der Waals surface area (Å²) in [5.74, 6) is 0.129. The zero-order valence-electron chi connectivity index (χ0n) is 23.9. The first kappa shape index (κ1) is 30.7. The van der Waals surface area contributed by atoms with Crippen molar-refractivity contribution in [1.82, 2.24) is 9.97 Å². The summed E-state index contributed by atoms with van der Waals surface area (Å²) in [6.45, 7) is 2.09. The van der Waals surface area contributed by atoms with Gasteiger partial charge in [-0.2, -0.15) is 26.3 Å². The molecule has 46 heavy (non-hydrogen) atoms. The van der Waals surface area contributed by atoms with Crippen molar-refractivity contribution < 1.29 is 26.3 Å². The van der Waals surface area contributed by atoms with Gasteiger partial charge in [-0.05, 0) is 71.7 Å². The minimum absolute atomic E-state index is 0.0354. The molecule has 0 amide bonds. The molecular formula is C35H22F6N2S3. The third kappa shape index (κ3) is 6.11. The number of thioether (sulfide) groups is 1. The number of allylic oxidation sites excluding steroid dienone is 1. The van der Waals surface area contributed by atoms with Gasteiger partial charge in [-0.1, -0.05) is 55.5 Å². The minimum Gasteiger partial charge on any atom is -0.243 e. The van der Waals surface area contributed by atoms with E-state index in [4.69, 9.17) is 9.97 Å². The molecule has 6 aromatic rings. The number of para-hydroxylation sites is 2. The van der Waals surface area contributed by atoms with Crippen molar-refractivity contribution in [2.24, 2.45) is 5.92 Å². The topological polar surface area (TPSA) is 25.8 Å². The highest BCUT2D eigenvalue weighted by molar-refractivity contribution is 8.09. The lowest BCUT2D eigenvalue weighted by molar-refractivity contribution is -0.138. The molecule has 3 aromatic carbocycles. The van der Waals surface area contributed by atoms with Crippen molar-refractivity contribution in [3.05, 3.63) is 122 Å². The zero-order chi connectivity index (χ0) is 32.2. The first-order chi connectivity index (χ1) is 21.9. The smallest absolute Gasteiger partial charge is 0.243 e. The lowest BCUT2D eigenvalue weighted by atomic mass is 10.0. The number of benzene rings is 3. The highest BCUT2D eigenvalue weighted by Crippen LogP contribution is 2.44. The van der Waals surface area contributed by atoms with Crippen LogP contribution in [0.25, 0.3) is 49.6 Å². The largest absolute Gasteiger partial charge is 0.416 e. The maximum Gasteiger partial charge on any atom is 0.416 e. The Morgan fingerprint density at radius 3 is 1.80 bits per heavy atom. The van der Waals surface area contributed by atoms with E-state index in [1.807, 2.05) is 42.5 Å². The first-order valence-corrected chi connectivity index (χ1v) is 16.7. The minimum atomic E-state index is -4.39. The lowest BCUT2D eigenvalue weighted by Crippen LogP contribution is -2.09. The Labute approximate surface area is 271 Å². The number of thiophene rings is 2. The summed E-state index contributed by atoms with van der Waals surface area (Å²) in [6.07, 6.45) is -2.48. The van der Waals surface area contributed by atoms with Gasteiger partial charge >= 0.3 is 12.4 Å². The van der Waals surface area contributed by atoms with Gasteiger partial charge in [-0.25, -0.2) is 9.97 Å². The molecule has 0 bridgehead atoms. The Kier molecular flexibility index (Phi) is 7.81. The number of hydrogen-bond donors (Lipinski definition) is 0. The second kappa shape index (κ2) is 11.7. The van der Waals surface area contributed by atoms with E-state index in [-0.39, 0.29) is 11.2 Å². The molecule has 1 aliphatic heterocycles. The standard InChI is InChI=1S/C35H22F6N2S3/c1-19-16-29(21-8-12-23(13-9-21)35(39,40)41)45-28(19)18-31-33-32(42-25-4-2-3-5-26(25)43-33)30(46-31)17-24-14-15-27(44-24)20-6-10-22(11-7-20)34(36,37)38/h2-19,28H,1H3/b30-17-,31-18-. The molecular weight excluding hydrogens is 659 g/mol. The number of hydrogen-bond acceptors (Lipinski definition) is 5. The van der Waals surface area contributed by atoms with Gasteiger partial charge in [-0.15, -0.1) is 34.4 Å². The van der Waals surface area contributed by atoms with Crippen molar-refractivity contribution in [2.75, 3.05) is 0 Å². The lowest BCUT2D eigenvalue weighted by Gasteiger charge is -2.10. The van der Waals surface area contributed by atoms with Gasteiger partial charge in [-0.3, -0.25) is 0 Å². The average molecular weight is 681 g/mol. The van der Waals surface area contributed by atoms with Crippen molar-refractivity contribution >= 4 is 73.6 Å². The summed E-state index contributed by atoms with van der Waals surface area (Å²) in [6, 6.07) is 21.9. The van der Waals surface area contributed by atoms with Crippen LogP contribution in [0.15, 0.2) is 91.0 Å². The van der Waals surface area contributed by atoms with Crippen LogP contribution in [0.5, 0.6) is 0 Å². The average Bonchev–Trinajstić information content (AvgIpc) is 3.73. The molecule has 2 nitrogen and oxygen atoms in total. The summed E-state index contributed by atoms with van der Waals surface area (Å²) in [4.78, 5) is 12.6. The molecule has 3 aromatic heterocycles. The predicted molar refractivity (Wildman–Crippen MR) is 177 cm³/mol. The highest BCUT2D eigenvalue weighted by Gasteiger charge is 2.31. The van der Waals surface area contributed by atoms with E-state index in [9.17, 15) is 26.3 Å². The van der Waals surface area contributed by atoms with E-state index in [0.29, 0.717) is 5.56 Å². The number of aromatic nitrogens is 2. The van der Waals surface area contributed by atoms with Crippen LogP contribution in [0.3, 0.4) is 0 Å².